The summed E-state index contributed by atoms with van der Waals surface area (Å²) in [5.74, 6) is -0.426. The van der Waals surface area contributed by atoms with Gasteiger partial charge in [-0.2, -0.15) is 0 Å². The highest BCUT2D eigenvalue weighted by molar-refractivity contribution is 5.74. The molecule has 2 amide bonds. The maximum Gasteiger partial charge on any atom is 0.319 e. The van der Waals surface area contributed by atoms with E-state index in [1.807, 2.05) is 18.7 Å². The maximum atomic E-state index is 12.5. The third kappa shape index (κ3) is 5.53. The fourth-order valence-corrected chi connectivity index (χ4v) is 2.94. The quantitative estimate of drug-likeness (QED) is 0.749. The molecule has 1 heterocycles. The van der Waals surface area contributed by atoms with Crippen LogP contribution in [0.25, 0.3) is 0 Å². The zero-order chi connectivity index (χ0) is 15.8. The summed E-state index contributed by atoms with van der Waals surface area (Å²) in [6.07, 6.45) is 2.67. The molecule has 0 bridgehead atoms. The van der Waals surface area contributed by atoms with E-state index >= 15 is 0 Å². The van der Waals surface area contributed by atoms with E-state index in [4.69, 9.17) is 10.2 Å². The van der Waals surface area contributed by atoms with Gasteiger partial charge in [0.2, 0.25) is 0 Å². The number of nitrogens with zero attached hydrogens (tertiary/aromatic N) is 2. The lowest BCUT2D eigenvalue weighted by atomic mass is 9.85. The normalized spacial score (nSPS) is 20.1. The van der Waals surface area contributed by atoms with E-state index in [1.54, 1.807) is 4.90 Å². The monoisotopic (exact) mass is 300 g/mol. The third-order valence-electron chi connectivity index (χ3n) is 4.27. The second kappa shape index (κ2) is 8.87. The van der Waals surface area contributed by atoms with Crippen molar-refractivity contribution in [3.8, 4) is 0 Å². The van der Waals surface area contributed by atoms with Crippen molar-refractivity contribution in [3.63, 3.8) is 0 Å². The number of hydrogen-bond donors (Lipinski definition) is 2. The summed E-state index contributed by atoms with van der Waals surface area (Å²) in [5, 5.41) is 17.8. The lowest BCUT2D eigenvalue weighted by Crippen LogP contribution is -2.48. The summed E-state index contributed by atoms with van der Waals surface area (Å²) >= 11 is 0. The van der Waals surface area contributed by atoms with E-state index in [0.717, 1.165) is 19.4 Å². The zero-order valence-electron chi connectivity index (χ0n) is 13.1. The van der Waals surface area contributed by atoms with Crippen molar-refractivity contribution in [2.75, 3.05) is 32.8 Å². The summed E-state index contributed by atoms with van der Waals surface area (Å²) in [7, 11) is 0. The van der Waals surface area contributed by atoms with Crippen molar-refractivity contribution < 1.29 is 19.8 Å². The average Bonchev–Trinajstić information content (AvgIpc) is 2.47. The number of carboxylic acids is 1. The van der Waals surface area contributed by atoms with Gasteiger partial charge in [-0.15, -0.1) is 0 Å². The minimum Gasteiger partial charge on any atom is -0.481 e. The van der Waals surface area contributed by atoms with Gasteiger partial charge in [0.25, 0.3) is 0 Å². The number of hydrogen-bond acceptors (Lipinski definition) is 3. The van der Waals surface area contributed by atoms with Crippen LogP contribution in [0.4, 0.5) is 4.79 Å². The Morgan fingerprint density at radius 1 is 1.43 bits per heavy atom. The number of aliphatic hydroxyl groups is 1. The zero-order valence-corrected chi connectivity index (χ0v) is 13.1. The number of carbonyl (C=O) groups is 2. The van der Waals surface area contributed by atoms with Crippen molar-refractivity contribution in [1.82, 2.24) is 9.80 Å². The second-order valence-corrected chi connectivity index (χ2v) is 5.86. The van der Waals surface area contributed by atoms with Crippen LogP contribution in [0.1, 0.15) is 39.5 Å². The molecule has 1 aliphatic rings. The molecule has 6 nitrogen and oxygen atoms in total. The SMILES string of the molecule is CCN(CCCO)C(=O)N1CCCC(C(C)CC(=O)O)C1. The molecule has 0 aromatic carbocycles. The number of amides is 2. The number of urea groups is 1. The molecular formula is C15H28N2O4. The molecule has 0 spiro atoms. The Balaban J connectivity index is 2.57. The van der Waals surface area contributed by atoms with E-state index in [1.165, 1.54) is 0 Å². The van der Waals surface area contributed by atoms with Crippen LogP contribution in [0.15, 0.2) is 0 Å². The highest BCUT2D eigenvalue weighted by Crippen LogP contribution is 2.26. The summed E-state index contributed by atoms with van der Waals surface area (Å²) < 4.78 is 0. The van der Waals surface area contributed by atoms with E-state index < -0.39 is 5.97 Å². The minimum absolute atomic E-state index is 0.0122. The van der Waals surface area contributed by atoms with Crippen LogP contribution in [0, 0.1) is 11.8 Å². The van der Waals surface area contributed by atoms with Crippen LogP contribution in [0.3, 0.4) is 0 Å². The van der Waals surface area contributed by atoms with Crippen LogP contribution >= 0.6 is 0 Å². The molecular weight excluding hydrogens is 272 g/mol. The van der Waals surface area contributed by atoms with Gasteiger partial charge in [-0.1, -0.05) is 6.92 Å². The molecule has 21 heavy (non-hydrogen) atoms. The summed E-state index contributed by atoms with van der Waals surface area (Å²) in [6, 6.07) is 0.0122. The van der Waals surface area contributed by atoms with Crippen molar-refractivity contribution in [2.24, 2.45) is 11.8 Å². The molecule has 1 rings (SSSR count). The molecule has 122 valence electrons. The van der Waals surface area contributed by atoms with Crippen molar-refractivity contribution in [3.05, 3.63) is 0 Å². The Kier molecular flexibility index (Phi) is 7.50. The molecule has 6 heteroatoms. The average molecular weight is 300 g/mol. The number of piperidine rings is 1. The number of carbonyl (C=O) groups excluding carboxylic acids is 1. The van der Waals surface area contributed by atoms with Gasteiger partial charge in [0.1, 0.15) is 0 Å². The molecule has 0 radical (unpaired) electrons. The lowest BCUT2D eigenvalue weighted by Gasteiger charge is -2.38. The molecule has 1 aliphatic heterocycles. The first-order chi connectivity index (χ1) is 9.99. The van der Waals surface area contributed by atoms with Crippen molar-refractivity contribution >= 4 is 12.0 Å². The molecule has 2 N–H and O–H groups in total. The first-order valence-corrected chi connectivity index (χ1v) is 7.86. The van der Waals surface area contributed by atoms with E-state index in [-0.39, 0.29) is 30.9 Å². The van der Waals surface area contributed by atoms with Crippen LogP contribution in [-0.2, 0) is 4.79 Å². The van der Waals surface area contributed by atoms with Crippen molar-refractivity contribution in [1.29, 1.82) is 0 Å². The maximum absolute atomic E-state index is 12.5. The molecule has 1 fully saturated rings. The number of aliphatic hydroxyl groups excluding tert-OH is 1. The predicted octanol–water partition coefficient (Wildman–Crippen LogP) is 1.63. The van der Waals surface area contributed by atoms with Gasteiger partial charge in [0, 0.05) is 39.2 Å². The molecule has 0 saturated carbocycles. The Morgan fingerprint density at radius 2 is 2.14 bits per heavy atom. The Hall–Kier alpha value is -1.30. The van der Waals surface area contributed by atoms with E-state index in [0.29, 0.717) is 26.1 Å². The Morgan fingerprint density at radius 3 is 2.71 bits per heavy atom. The molecule has 2 atom stereocenters. The standard InChI is InChI=1S/C15H28N2O4/c1-3-16(8-5-9-18)15(21)17-7-4-6-13(11-17)12(2)10-14(19)20/h12-13,18H,3-11H2,1-2H3,(H,19,20). The number of carboxylic acid groups (broad SMARTS) is 1. The summed E-state index contributed by atoms with van der Waals surface area (Å²) in [6.45, 7) is 6.55. The van der Waals surface area contributed by atoms with Gasteiger partial charge >= 0.3 is 12.0 Å². The molecule has 1 saturated heterocycles. The fraction of sp³-hybridized carbons (Fsp3) is 0.867. The van der Waals surface area contributed by atoms with Gasteiger partial charge in [-0.3, -0.25) is 4.79 Å². The van der Waals surface area contributed by atoms with Gasteiger partial charge in [0.15, 0.2) is 0 Å². The minimum atomic E-state index is -0.774. The van der Waals surface area contributed by atoms with Gasteiger partial charge in [-0.25, -0.2) is 4.79 Å². The Bertz CT molecular complexity index is 349. The lowest BCUT2D eigenvalue weighted by molar-refractivity contribution is -0.138. The van der Waals surface area contributed by atoms with Crippen LogP contribution in [0.5, 0.6) is 0 Å². The van der Waals surface area contributed by atoms with Gasteiger partial charge in [-0.05, 0) is 38.0 Å². The largest absolute Gasteiger partial charge is 0.481 e. The van der Waals surface area contributed by atoms with E-state index in [9.17, 15) is 9.59 Å². The Labute approximate surface area is 126 Å². The highest BCUT2D eigenvalue weighted by Gasteiger charge is 2.29. The van der Waals surface area contributed by atoms with Crippen LogP contribution in [-0.4, -0.2) is 64.8 Å². The van der Waals surface area contributed by atoms with Gasteiger partial charge < -0.3 is 20.0 Å². The van der Waals surface area contributed by atoms with Gasteiger partial charge in [0.05, 0.1) is 0 Å². The second-order valence-electron chi connectivity index (χ2n) is 5.86. The third-order valence-corrected chi connectivity index (χ3v) is 4.27. The topological polar surface area (TPSA) is 81.1 Å². The fourth-order valence-electron chi connectivity index (χ4n) is 2.94. The number of rotatable bonds is 7. The number of likely N-dealkylation sites (tertiary alicyclic amines) is 1. The van der Waals surface area contributed by atoms with Crippen LogP contribution < -0.4 is 0 Å². The number of aliphatic carboxylic acids is 1. The van der Waals surface area contributed by atoms with Crippen LogP contribution in [0.2, 0.25) is 0 Å². The molecule has 2 unspecified atom stereocenters. The summed E-state index contributed by atoms with van der Waals surface area (Å²) in [4.78, 5) is 26.9. The van der Waals surface area contributed by atoms with Crippen molar-refractivity contribution in [2.45, 2.75) is 39.5 Å². The first kappa shape index (κ1) is 17.8. The molecule has 0 aromatic rings. The summed E-state index contributed by atoms with van der Waals surface area (Å²) in [5.41, 5.74) is 0. The van der Waals surface area contributed by atoms with E-state index in [2.05, 4.69) is 0 Å². The first-order valence-electron chi connectivity index (χ1n) is 7.86. The smallest absolute Gasteiger partial charge is 0.319 e. The predicted molar refractivity (Wildman–Crippen MR) is 80.1 cm³/mol. The molecule has 0 aromatic heterocycles. The highest BCUT2D eigenvalue weighted by atomic mass is 16.4. The molecule has 0 aliphatic carbocycles.